The number of fused-ring (bicyclic) bond motifs is 1. The molecule has 0 spiro atoms. The van der Waals surface area contributed by atoms with E-state index < -0.39 is 0 Å². The zero-order valence-corrected chi connectivity index (χ0v) is 14.5. The molecule has 0 radical (unpaired) electrons. The number of benzene rings is 3. The van der Waals surface area contributed by atoms with Crippen molar-refractivity contribution in [2.24, 2.45) is 0 Å². The molecule has 0 fully saturated rings. The van der Waals surface area contributed by atoms with Crippen LogP contribution in [0.4, 0.5) is 0 Å². The minimum absolute atomic E-state index is 0.0216. The predicted octanol–water partition coefficient (Wildman–Crippen LogP) is 5.90. The van der Waals surface area contributed by atoms with Gasteiger partial charge in [-0.1, -0.05) is 68.3 Å². The molecule has 0 bridgehead atoms. The van der Waals surface area contributed by atoms with E-state index in [2.05, 4.69) is 31.9 Å². The highest BCUT2D eigenvalue weighted by atomic mass is 79.9. The summed E-state index contributed by atoms with van der Waals surface area (Å²) in [4.78, 5) is 12.7. The molecule has 3 aromatic rings. The first-order valence-electron chi connectivity index (χ1n) is 6.55. The highest BCUT2D eigenvalue weighted by molar-refractivity contribution is 9.11. The molecule has 0 amide bonds. The molecule has 3 aromatic carbocycles. The van der Waals surface area contributed by atoms with Gasteiger partial charge >= 0.3 is 0 Å². The van der Waals surface area contributed by atoms with Crippen LogP contribution in [0.15, 0.2) is 63.5 Å². The van der Waals surface area contributed by atoms with Crippen molar-refractivity contribution in [2.75, 3.05) is 0 Å². The number of hydrogen-bond donors (Lipinski definition) is 0. The van der Waals surface area contributed by atoms with E-state index in [0.717, 1.165) is 25.3 Å². The quantitative estimate of drug-likeness (QED) is 0.486. The summed E-state index contributed by atoms with van der Waals surface area (Å²) in [5, 5.41) is 2.21. The molecule has 21 heavy (non-hydrogen) atoms. The van der Waals surface area contributed by atoms with Crippen LogP contribution in [0, 0.1) is 6.92 Å². The van der Waals surface area contributed by atoms with Crippen LogP contribution in [0.3, 0.4) is 0 Å². The zero-order valence-electron chi connectivity index (χ0n) is 11.4. The van der Waals surface area contributed by atoms with E-state index >= 15 is 0 Å². The molecule has 0 heterocycles. The Hall–Kier alpha value is -1.45. The van der Waals surface area contributed by atoms with Crippen molar-refractivity contribution < 1.29 is 4.79 Å². The van der Waals surface area contributed by atoms with Gasteiger partial charge in [0.15, 0.2) is 5.78 Å². The first-order valence-corrected chi connectivity index (χ1v) is 8.14. The highest BCUT2D eigenvalue weighted by Crippen LogP contribution is 2.28. The molecular formula is C18H12Br2O. The van der Waals surface area contributed by atoms with Crippen LogP contribution in [0.25, 0.3) is 10.8 Å². The predicted molar refractivity (Wildman–Crippen MR) is 94.0 cm³/mol. The second-order valence-corrected chi connectivity index (χ2v) is 6.68. The molecule has 0 N–H and O–H groups in total. The molecular weight excluding hydrogens is 392 g/mol. The minimum atomic E-state index is 0.0216. The monoisotopic (exact) mass is 402 g/mol. The number of aryl methyl sites for hydroxylation is 1. The van der Waals surface area contributed by atoms with Crippen molar-refractivity contribution in [2.45, 2.75) is 6.92 Å². The van der Waals surface area contributed by atoms with E-state index in [1.807, 2.05) is 61.5 Å². The number of carbonyl (C=O) groups excluding carboxylic acids is 1. The summed E-state index contributed by atoms with van der Waals surface area (Å²) in [6.07, 6.45) is 0. The lowest BCUT2D eigenvalue weighted by Crippen LogP contribution is -2.03. The van der Waals surface area contributed by atoms with Gasteiger partial charge in [0.05, 0.1) is 0 Å². The Morgan fingerprint density at radius 1 is 0.857 bits per heavy atom. The molecule has 0 aliphatic carbocycles. The van der Waals surface area contributed by atoms with Crippen LogP contribution in [0.1, 0.15) is 21.5 Å². The van der Waals surface area contributed by atoms with Crippen molar-refractivity contribution in [3.05, 3.63) is 80.2 Å². The summed E-state index contributed by atoms with van der Waals surface area (Å²) in [6, 6.07) is 17.7. The smallest absolute Gasteiger partial charge is 0.194 e. The van der Waals surface area contributed by atoms with Gasteiger partial charge in [0.2, 0.25) is 0 Å². The van der Waals surface area contributed by atoms with Crippen LogP contribution < -0.4 is 0 Å². The maximum atomic E-state index is 12.7. The van der Waals surface area contributed by atoms with Crippen molar-refractivity contribution in [3.8, 4) is 0 Å². The van der Waals surface area contributed by atoms with Gasteiger partial charge in [-0.25, -0.2) is 0 Å². The Balaban J connectivity index is 2.10. The number of ketones is 1. The topological polar surface area (TPSA) is 17.1 Å². The van der Waals surface area contributed by atoms with Crippen LogP contribution in [-0.4, -0.2) is 5.78 Å². The maximum absolute atomic E-state index is 12.7. The summed E-state index contributed by atoms with van der Waals surface area (Å²) < 4.78 is 1.76. The average molecular weight is 404 g/mol. The second kappa shape index (κ2) is 5.74. The van der Waals surface area contributed by atoms with Gasteiger partial charge < -0.3 is 0 Å². The Kier molecular flexibility index (Phi) is 3.96. The lowest BCUT2D eigenvalue weighted by molar-refractivity contribution is 0.103. The van der Waals surface area contributed by atoms with Gasteiger partial charge in [-0.2, -0.15) is 0 Å². The fourth-order valence-electron chi connectivity index (χ4n) is 2.31. The zero-order chi connectivity index (χ0) is 15.0. The third kappa shape index (κ3) is 2.81. The van der Waals surface area contributed by atoms with Gasteiger partial charge in [-0.3, -0.25) is 4.79 Å². The number of hydrogen-bond acceptors (Lipinski definition) is 1. The van der Waals surface area contributed by atoms with Crippen molar-refractivity contribution in [1.82, 2.24) is 0 Å². The first-order chi connectivity index (χ1) is 10.1. The Morgan fingerprint density at radius 3 is 2.33 bits per heavy atom. The summed E-state index contributed by atoms with van der Waals surface area (Å²) >= 11 is 6.98. The molecule has 104 valence electrons. The van der Waals surface area contributed by atoms with Crippen LogP contribution >= 0.6 is 31.9 Å². The largest absolute Gasteiger partial charge is 0.289 e. The molecule has 0 aliphatic heterocycles. The van der Waals surface area contributed by atoms with Crippen LogP contribution in [0.2, 0.25) is 0 Å². The van der Waals surface area contributed by atoms with E-state index in [1.54, 1.807) is 0 Å². The van der Waals surface area contributed by atoms with Crippen molar-refractivity contribution in [3.63, 3.8) is 0 Å². The Bertz CT molecular complexity index is 853. The lowest BCUT2D eigenvalue weighted by Gasteiger charge is -2.08. The highest BCUT2D eigenvalue weighted by Gasteiger charge is 2.14. The molecule has 1 nitrogen and oxygen atoms in total. The van der Waals surface area contributed by atoms with Gasteiger partial charge in [-0.15, -0.1) is 0 Å². The van der Waals surface area contributed by atoms with Gasteiger partial charge in [0, 0.05) is 20.1 Å². The SMILES string of the molecule is Cc1cc(Br)c(C(=O)c2ccc3ccccc3c2)cc1Br. The lowest BCUT2D eigenvalue weighted by atomic mass is 9.99. The molecule has 0 aromatic heterocycles. The number of rotatable bonds is 2. The summed E-state index contributed by atoms with van der Waals surface area (Å²) in [7, 11) is 0. The molecule has 0 atom stereocenters. The molecule has 0 saturated heterocycles. The van der Waals surface area contributed by atoms with Crippen LogP contribution in [-0.2, 0) is 0 Å². The van der Waals surface area contributed by atoms with Crippen LogP contribution in [0.5, 0.6) is 0 Å². The molecule has 3 rings (SSSR count). The normalized spacial score (nSPS) is 10.8. The van der Waals surface area contributed by atoms with E-state index in [4.69, 9.17) is 0 Å². The van der Waals surface area contributed by atoms with E-state index in [0.29, 0.717) is 11.1 Å². The number of carbonyl (C=O) groups is 1. The standard InChI is InChI=1S/C18H12Br2O/c1-11-8-17(20)15(10-16(11)19)18(21)14-7-6-12-4-2-3-5-13(12)9-14/h2-10H,1H3. The Labute approximate surface area is 140 Å². The second-order valence-electron chi connectivity index (χ2n) is 4.97. The summed E-state index contributed by atoms with van der Waals surface area (Å²) in [6.45, 7) is 2.00. The van der Waals surface area contributed by atoms with Gasteiger partial charge in [0.1, 0.15) is 0 Å². The molecule has 3 heteroatoms. The van der Waals surface area contributed by atoms with Crippen molar-refractivity contribution >= 4 is 48.4 Å². The fraction of sp³-hybridized carbons (Fsp3) is 0.0556. The third-order valence-corrected chi connectivity index (χ3v) is 5.02. The van der Waals surface area contributed by atoms with E-state index in [9.17, 15) is 4.79 Å². The molecule has 0 aliphatic rings. The third-order valence-electron chi connectivity index (χ3n) is 3.50. The van der Waals surface area contributed by atoms with Crippen molar-refractivity contribution in [1.29, 1.82) is 0 Å². The molecule has 0 saturated carbocycles. The summed E-state index contributed by atoms with van der Waals surface area (Å²) in [5.41, 5.74) is 2.46. The van der Waals surface area contributed by atoms with Gasteiger partial charge in [-0.05, 0) is 41.5 Å². The summed E-state index contributed by atoms with van der Waals surface area (Å²) in [5.74, 6) is 0.0216. The molecule has 0 unspecified atom stereocenters. The maximum Gasteiger partial charge on any atom is 0.194 e. The van der Waals surface area contributed by atoms with Gasteiger partial charge in [0.25, 0.3) is 0 Å². The number of halogens is 2. The minimum Gasteiger partial charge on any atom is -0.289 e. The Morgan fingerprint density at radius 2 is 1.57 bits per heavy atom. The van der Waals surface area contributed by atoms with E-state index in [-0.39, 0.29) is 5.78 Å². The van der Waals surface area contributed by atoms with E-state index in [1.165, 1.54) is 0 Å². The first kappa shape index (κ1) is 14.5. The fourth-order valence-corrected chi connectivity index (χ4v) is 3.29. The average Bonchev–Trinajstić information content (AvgIpc) is 2.50.